The molecule has 24 heavy (non-hydrogen) atoms. The normalized spacial score (nSPS) is 12.2. The fraction of sp³-hybridized carbons (Fsp3) is 0.438. The maximum absolute atomic E-state index is 11.4. The summed E-state index contributed by atoms with van der Waals surface area (Å²) in [4.78, 5) is 13.2. The Bertz CT molecular complexity index is 820. The van der Waals surface area contributed by atoms with Crippen molar-refractivity contribution in [2.24, 2.45) is 0 Å². The zero-order valence-corrected chi connectivity index (χ0v) is 15.4. The maximum Gasteiger partial charge on any atom is 0.209 e. The van der Waals surface area contributed by atoms with Crippen LogP contribution >= 0.6 is 0 Å². The van der Waals surface area contributed by atoms with Gasteiger partial charge in [-0.15, -0.1) is 0 Å². The SMILES string of the molecule is Cc1nc(-c2cccnc2)nc(NCC(C)(C)NS(C)(=O)=O)c1C. The number of pyridine rings is 1. The number of hydrogen-bond donors (Lipinski definition) is 2. The summed E-state index contributed by atoms with van der Waals surface area (Å²) in [5, 5.41) is 3.23. The summed E-state index contributed by atoms with van der Waals surface area (Å²) >= 11 is 0. The zero-order chi connectivity index (χ0) is 18.0. The Morgan fingerprint density at radius 2 is 1.92 bits per heavy atom. The molecule has 0 bridgehead atoms. The van der Waals surface area contributed by atoms with Gasteiger partial charge in [-0.25, -0.2) is 23.1 Å². The fourth-order valence-electron chi connectivity index (χ4n) is 2.27. The van der Waals surface area contributed by atoms with Crippen molar-refractivity contribution < 1.29 is 8.42 Å². The van der Waals surface area contributed by atoms with Crippen LogP contribution in [0, 0.1) is 13.8 Å². The van der Waals surface area contributed by atoms with E-state index in [-0.39, 0.29) is 0 Å². The second-order valence-electron chi connectivity index (χ2n) is 6.46. The molecule has 0 aliphatic heterocycles. The van der Waals surface area contributed by atoms with Crippen LogP contribution in [0.5, 0.6) is 0 Å². The number of anilines is 1. The smallest absolute Gasteiger partial charge is 0.209 e. The minimum atomic E-state index is -3.29. The van der Waals surface area contributed by atoms with Gasteiger partial charge in [0.2, 0.25) is 10.0 Å². The quantitative estimate of drug-likeness (QED) is 0.827. The summed E-state index contributed by atoms with van der Waals surface area (Å²) in [7, 11) is -3.29. The Morgan fingerprint density at radius 1 is 1.21 bits per heavy atom. The molecular formula is C16H23N5O2S. The Morgan fingerprint density at radius 3 is 2.50 bits per heavy atom. The van der Waals surface area contributed by atoms with E-state index in [9.17, 15) is 8.42 Å². The molecule has 0 spiro atoms. The van der Waals surface area contributed by atoms with E-state index in [0.717, 1.165) is 23.1 Å². The lowest BCUT2D eigenvalue weighted by molar-refractivity contribution is 0.475. The lowest BCUT2D eigenvalue weighted by Crippen LogP contribution is -2.47. The summed E-state index contributed by atoms with van der Waals surface area (Å²) in [6.07, 6.45) is 4.56. The van der Waals surface area contributed by atoms with Crippen LogP contribution in [0.2, 0.25) is 0 Å². The van der Waals surface area contributed by atoms with Gasteiger partial charge in [-0.3, -0.25) is 4.98 Å². The van der Waals surface area contributed by atoms with Crippen LogP contribution in [-0.2, 0) is 10.0 Å². The number of hydrogen-bond acceptors (Lipinski definition) is 6. The summed E-state index contributed by atoms with van der Waals surface area (Å²) < 4.78 is 25.5. The van der Waals surface area contributed by atoms with E-state index < -0.39 is 15.6 Å². The molecule has 2 N–H and O–H groups in total. The fourth-order valence-corrected chi connectivity index (χ4v) is 3.34. The highest BCUT2D eigenvalue weighted by atomic mass is 32.2. The first-order valence-electron chi connectivity index (χ1n) is 7.56. The van der Waals surface area contributed by atoms with Gasteiger partial charge in [0.15, 0.2) is 5.82 Å². The highest BCUT2D eigenvalue weighted by Gasteiger charge is 2.22. The first kappa shape index (κ1) is 18.3. The molecule has 0 atom stereocenters. The number of rotatable bonds is 6. The van der Waals surface area contributed by atoms with E-state index in [1.54, 1.807) is 12.4 Å². The van der Waals surface area contributed by atoms with E-state index in [1.165, 1.54) is 0 Å². The van der Waals surface area contributed by atoms with Crippen LogP contribution < -0.4 is 10.0 Å². The summed E-state index contributed by atoms with van der Waals surface area (Å²) in [6, 6.07) is 3.73. The van der Waals surface area contributed by atoms with Gasteiger partial charge in [0.05, 0.1) is 6.26 Å². The van der Waals surface area contributed by atoms with Crippen LogP contribution in [0.15, 0.2) is 24.5 Å². The lowest BCUT2D eigenvalue weighted by atomic mass is 10.1. The molecule has 2 aromatic heterocycles. The van der Waals surface area contributed by atoms with Gasteiger partial charge in [-0.2, -0.15) is 0 Å². The molecular weight excluding hydrogens is 326 g/mol. The second-order valence-corrected chi connectivity index (χ2v) is 8.21. The predicted molar refractivity (Wildman–Crippen MR) is 95.3 cm³/mol. The highest BCUT2D eigenvalue weighted by molar-refractivity contribution is 7.88. The average molecular weight is 349 g/mol. The first-order chi connectivity index (χ1) is 11.1. The summed E-state index contributed by atoms with van der Waals surface area (Å²) in [5.41, 5.74) is 1.98. The molecule has 0 aliphatic carbocycles. The largest absolute Gasteiger partial charge is 0.368 e. The van der Waals surface area contributed by atoms with Crippen molar-refractivity contribution >= 4 is 15.8 Å². The van der Waals surface area contributed by atoms with E-state index in [0.29, 0.717) is 18.2 Å². The average Bonchev–Trinajstić information content (AvgIpc) is 2.47. The Balaban J connectivity index is 2.26. The molecule has 0 saturated heterocycles. The zero-order valence-electron chi connectivity index (χ0n) is 14.6. The Hall–Kier alpha value is -2.06. The first-order valence-corrected chi connectivity index (χ1v) is 9.45. The van der Waals surface area contributed by atoms with Crippen LogP contribution in [0.25, 0.3) is 11.4 Å². The van der Waals surface area contributed by atoms with Crippen molar-refractivity contribution in [2.75, 3.05) is 18.1 Å². The van der Waals surface area contributed by atoms with Gasteiger partial charge < -0.3 is 5.32 Å². The third-order valence-electron chi connectivity index (χ3n) is 3.47. The van der Waals surface area contributed by atoms with E-state index in [1.807, 2.05) is 39.8 Å². The lowest BCUT2D eigenvalue weighted by Gasteiger charge is -2.26. The van der Waals surface area contributed by atoms with Crippen molar-refractivity contribution in [2.45, 2.75) is 33.2 Å². The standard InChI is InChI=1S/C16H23N5O2S/c1-11-12(2)19-15(13-7-6-8-17-9-13)20-14(11)18-10-16(3,4)21-24(5,22)23/h6-9,21H,10H2,1-5H3,(H,18,19,20). The van der Waals surface area contributed by atoms with Gasteiger partial charge in [0.25, 0.3) is 0 Å². The van der Waals surface area contributed by atoms with Gasteiger partial charge in [0.1, 0.15) is 5.82 Å². The van der Waals surface area contributed by atoms with Gasteiger partial charge >= 0.3 is 0 Å². The molecule has 0 saturated carbocycles. The van der Waals surface area contributed by atoms with Crippen LogP contribution in [0.4, 0.5) is 5.82 Å². The van der Waals surface area contributed by atoms with Gasteiger partial charge in [-0.05, 0) is 39.8 Å². The molecule has 0 fully saturated rings. The minimum absolute atomic E-state index is 0.393. The number of aryl methyl sites for hydroxylation is 1. The maximum atomic E-state index is 11.4. The number of nitrogens with one attached hydrogen (secondary N) is 2. The molecule has 0 amide bonds. The van der Waals surface area contributed by atoms with Crippen molar-refractivity contribution in [1.82, 2.24) is 19.7 Å². The van der Waals surface area contributed by atoms with Crippen LogP contribution in [0.1, 0.15) is 25.1 Å². The number of sulfonamides is 1. The number of nitrogens with zero attached hydrogens (tertiary/aromatic N) is 3. The highest BCUT2D eigenvalue weighted by Crippen LogP contribution is 2.21. The molecule has 0 unspecified atom stereocenters. The molecule has 0 aromatic carbocycles. The van der Waals surface area contributed by atoms with E-state index in [2.05, 4.69) is 25.0 Å². The Kier molecular flexibility index (Phi) is 5.19. The molecule has 2 heterocycles. The summed E-state index contributed by atoms with van der Waals surface area (Å²) in [6.45, 7) is 7.87. The minimum Gasteiger partial charge on any atom is -0.368 e. The number of aromatic nitrogens is 3. The third kappa shape index (κ3) is 4.97. The second kappa shape index (κ2) is 6.82. The van der Waals surface area contributed by atoms with Gasteiger partial charge in [0, 0.05) is 41.3 Å². The molecule has 7 nitrogen and oxygen atoms in total. The molecule has 0 radical (unpaired) electrons. The van der Waals surface area contributed by atoms with Crippen molar-refractivity contribution in [3.63, 3.8) is 0 Å². The van der Waals surface area contributed by atoms with Crippen LogP contribution in [-0.4, -0.2) is 41.7 Å². The third-order valence-corrected chi connectivity index (χ3v) is 4.39. The van der Waals surface area contributed by atoms with Crippen LogP contribution in [0.3, 0.4) is 0 Å². The van der Waals surface area contributed by atoms with Crippen molar-refractivity contribution in [1.29, 1.82) is 0 Å². The summed E-state index contributed by atoms with van der Waals surface area (Å²) in [5.74, 6) is 1.27. The van der Waals surface area contributed by atoms with Crippen molar-refractivity contribution in [3.8, 4) is 11.4 Å². The topological polar surface area (TPSA) is 96.9 Å². The van der Waals surface area contributed by atoms with E-state index in [4.69, 9.17) is 0 Å². The molecule has 8 heteroatoms. The molecule has 2 rings (SSSR count). The monoisotopic (exact) mass is 349 g/mol. The molecule has 0 aliphatic rings. The molecule has 130 valence electrons. The Labute approximate surface area is 143 Å². The predicted octanol–water partition coefficient (Wildman–Crippen LogP) is 1.90. The van der Waals surface area contributed by atoms with E-state index >= 15 is 0 Å². The van der Waals surface area contributed by atoms with Gasteiger partial charge in [-0.1, -0.05) is 0 Å². The van der Waals surface area contributed by atoms with Crippen molar-refractivity contribution in [3.05, 3.63) is 35.8 Å². The molecule has 2 aromatic rings.